The van der Waals surface area contributed by atoms with Crippen LogP contribution in [0, 0.1) is 0 Å². The number of hydrogen-bond donors (Lipinski definition) is 4. The van der Waals surface area contributed by atoms with Crippen molar-refractivity contribution in [1.29, 1.82) is 0 Å². The van der Waals surface area contributed by atoms with E-state index in [1.165, 1.54) is 0 Å². The Bertz CT molecular complexity index is 930. The number of nitrogens with two attached hydrogens (primary N) is 1. The molecule has 1 fully saturated rings. The van der Waals surface area contributed by atoms with Crippen molar-refractivity contribution in [3.8, 4) is 16.9 Å². The Balaban J connectivity index is 1.51. The molecule has 0 spiro atoms. The van der Waals surface area contributed by atoms with E-state index in [-0.39, 0.29) is 12.1 Å². The number of ether oxygens (including phenoxy) is 1. The van der Waals surface area contributed by atoms with Crippen molar-refractivity contribution in [3.05, 3.63) is 46.4 Å². The highest BCUT2D eigenvalue weighted by atomic mass is 35.5. The van der Waals surface area contributed by atoms with Gasteiger partial charge in [0.25, 0.3) is 0 Å². The van der Waals surface area contributed by atoms with Crippen LogP contribution >= 0.6 is 23.2 Å². The second kappa shape index (κ2) is 8.26. The van der Waals surface area contributed by atoms with E-state index in [1.807, 2.05) is 24.3 Å². The average molecular weight is 419 g/mol. The summed E-state index contributed by atoms with van der Waals surface area (Å²) in [5.74, 6) is 1.41. The summed E-state index contributed by atoms with van der Waals surface area (Å²) in [6.07, 6.45) is 2.41. The lowest BCUT2D eigenvalue weighted by Gasteiger charge is -2.24. The van der Waals surface area contributed by atoms with Gasteiger partial charge in [0.15, 0.2) is 0 Å². The number of aromatic nitrogens is 3. The first-order valence-corrected chi connectivity index (χ1v) is 9.76. The second-order valence-electron chi connectivity index (χ2n) is 6.59. The fourth-order valence-corrected chi connectivity index (χ4v) is 3.91. The molecule has 2 heterocycles. The molecule has 9 heteroatoms. The van der Waals surface area contributed by atoms with E-state index in [0.717, 1.165) is 42.8 Å². The highest BCUT2D eigenvalue weighted by Crippen LogP contribution is 2.38. The smallest absolute Gasteiger partial charge is 0.241 e. The van der Waals surface area contributed by atoms with Crippen molar-refractivity contribution in [3.63, 3.8) is 0 Å². The van der Waals surface area contributed by atoms with Crippen LogP contribution in [-0.2, 0) is 0 Å². The number of nitrogens with zero attached hydrogens (tertiary/aromatic N) is 2. The van der Waals surface area contributed by atoms with Gasteiger partial charge in [-0.3, -0.25) is 0 Å². The molecule has 3 aromatic rings. The van der Waals surface area contributed by atoms with Crippen LogP contribution in [0.2, 0.25) is 10.0 Å². The fraction of sp³-hybridized carbons (Fsp3) is 0.263. The average Bonchev–Trinajstić information content (AvgIpc) is 3.08. The molecular formula is C19H20Cl2N6O. The monoisotopic (exact) mass is 418 g/mol. The Hall–Kier alpha value is -2.48. The van der Waals surface area contributed by atoms with Crippen molar-refractivity contribution in [2.45, 2.75) is 18.9 Å². The van der Waals surface area contributed by atoms with Crippen LogP contribution in [0.1, 0.15) is 12.8 Å². The first-order chi connectivity index (χ1) is 13.6. The number of halogens is 2. The van der Waals surface area contributed by atoms with Crippen LogP contribution in [0.15, 0.2) is 36.4 Å². The number of benzene rings is 2. The largest absolute Gasteiger partial charge is 0.489 e. The summed E-state index contributed by atoms with van der Waals surface area (Å²) in [6, 6.07) is 11.4. The SMILES string of the molecule is Nc1n[nH]c(Nc2cc(Cl)c(-c3ccc(OC4CCCNC4)cc3)c(Cl)c2)n1. The molecule has 7 nitrogen and oxygen atoms in total. The van der Waals surface area contributed by atoms with Gasteiger partial charge >= 0.3 is 0 Å². The standard InChI is InChI=1S/C19H20Cl2N6O/c20-15-8-12(24-19-25-18(22)26-27-19)9-16(21)17(15)11-3-5-13(6-4-11)28-14-2-1-7-23-10-14/h3-6,8-9,14,23H,1-2,7,10H2,(H4,22,24,25,26,27). The van der Waals surface area contributed by atoms with Crippen molar-refractivity contribution >= 4 is 40.8 Å². The lowest BCUT2D eigenvalue weighted by atomic mass is 10.0. The quantitative estimate of drug-likeness (QED) is 0.494. The molecule has 1 aliphatic rings. The van der Waals surface area contributed by atoms with E-state index in [4.69, 9.17) is 33.7 Å². The zero-order valence-corrected chi connectivity index (χ0v) is 16.5. The molecule has 0 aliphatic carbocycles. The molecule has 1 aliphatic heterocycles. The van der Waals surface area contributed by atoms with Gasteiger partial charge in [0.2, 0.25) is 11.9 Å². The van der Waals surface area contributed by atoms with Gasteiger partial charge in [0.1, 0.15) is 11.9 Å². The Labute approximate surface area is 172 Å². The summed E-state index contributed by atoms with van der Waals surface area (Å²) in [5.41, 5.74) is 7.86. The zero-order chi connectivity index (χ0) is 19.5. The van der Waals surface area contributed by atoms with E-state index >= 15 is 0 Å². The van der Waals surface area contributed by atoms with Crippen molar-refractivity contribution in [2.24, 2.45) is 0 Å². The Kier molecular flexibility index (Phi) is 5.57. The van der Waals surface area contributed by atoms with Crippen molar-refractivity contribution in [1.82, 2.24) is 20.5 Å². The number of hydrogen-bond acceptors (Lipinski definition) is 6. The third-order valence-electron chi connectivity index (χ3n) is 4.50. The number of anilines is 3. The molecule has 5 N–H and O–H groups in total. The number of nitrogens with one attached hydrogen (secondary N) is 3. The third kappa shape index (κ3) is 4.32. The first-order valence-electron chi connectivity index (χ1n) is 9.00. The van der Waals surface area contributed by atoms with Gasteiger partial charge in [-0.05, 0) is 49.2 Å². The van der Waals surface area contributed by atoms with Crippen LogP contribution < -0.4 is 21.1 Å². The van der Waals surface area contributed by atoms with Crippen LogP contribution in [0.4, 0.5) is 17.6 Å². The van der Waals surface area contributed by atoms with Crippen LogP contribution in [0.3, 0.4) is 0 Å². The lowest BCUT2D eigenvalue weighted by Crippen LogP contribution is -2.37. The topological polar surface area (TPSA) is 101 Å². The number of H-pyrrole nitrogens is 1. The molecule has 4 rings (SSSR count). The molecule has 0 bridgehead atoms. The molecular weight excluding hydrogens is 399 g/mol. The summed E-state index contributed by atoms with van der Waals surface area (Å²) < 4.78 is 6.03. The number of piperidine rings is 1. The number of aromatic amines is 1. The van der Waals surface area contributed by atoms with Crippen LogP contribution in [0.25, 0.3) is 11.1 Å². The highest BCUT2D eigenvalue weighted by Gasteiger charge is 2.15. The first kappa shape index (κ1) is 18.9. The molecule has 1 aromatic heterocycles. The van der Waals surface area contributed by atoms with E-state index in [2.05, 4.69) is 25.8 Å². The minimum atomic E-state index is 0.155. The van der Waals surface area contributed by atoms with Gasteiger partial charge in [-0.1, -0.05) is 35.3 Å². The molecule has 28 heavy (non-hydrogen) atoms. The zero-order valence-electron chi connectivity index (χ0n) is 15.0. The Morgan fingerprint density at radius 2 is 1.89 bits per heavy atom. The van der Waals surface area contributed by atoms with E-state index in [1.54, 1.807) is 12.1 Å². The summed E-state index contributed by atoms with van der Waals surface area (Å²) in [5, 5.41) is 13.9. The van der Waals surface area contributed by atoms with Gasteiger partial charge in [-0.15, -0.1) is 5.10 Å². The molecule has 0 saturated carbocycles. The van der Waals surface area contributed by atoms with Crippen molar-refractivity contribution in [2.75, 3.05) is 24.1 Å². The Morgan fingerprint density at radius 3 is 2.50 bits per heavy atom. The number of rotatable bonds is 5. The fourth-order valence-electron chi connectivity index (χ4n) is 3.20. The van der Waals surface area contributed by atoms with Gasteiger partial charge in [-0.2, -0.15) is 4.98 Å². The summed E-state index contributed by atoms with van der Waals surface area (Å²) in [4.78, 5) is 4.00. The number of nitrogen functional groups attached to an aromatic ring is 1. The van der Waals surface area contributed by atoms with Crippen LogP contribution in [-0.4, -0.2) is 34.4 Å². The highest BCUT2D eigenvalue weighted by molar-refractivity contribution is 6.39. The minimum Gasteiger partial charge on any atom is -0.489 e. The summed E-state index contributed by atoms with van der Waals surface area (Å²) >= 11 is 13.0. The van der Waals surface area contributed by atoms with E-state index in [0.29, 0.717) is 21.7 Å². The second-order valence-corrected chi connectivity index (χ2v) is 7.41. The predicted octanol–water partition coefficient (Wildman–Crippen LogP) is 4.24. The predicted molar refractivity (Wildman–Crippen MR) is 112 cm³/mol. The molecule has 1 saturated heterocycles. The maximum absolute atomic E-state index is 6.50. The van der Waals surface area contributed by atoms with Crippen molar-refractivity contribution < 1.29 is 4.74 Å². The maximum Gasteiger partial charge on any atom is 0.241 e. The third-order valence-corrected chi connectivity index (χ3v) is 5.10. The molecule has 1 atom stereocenters. The van der Waals surface area contributed by atoms with Gasteiger partial charge in [0, 0.05) is 17.8 Å². The molecule has 0 amide bonds. The normalized spacial score (nSPS) is 16.7. The maximum atomic E-state index is 6.50. The van der Waals surface area contributed by atoms with Gasteiger partial charge in [-0.25, -0.2) is 5.10 Å². The van der Waals surface area contributed by atoms with E-state index < -0.39 is 0 Å². The van der Waals surface area contributed by atoms with E-state index in [9.17, 15) is 0 Å². The Morgan fingerprint density at radius 1 is 1.14 bits per heavy atom. The minimum absolute atomic E-state index is 0.155. The van der Waals surface area contributed by atoms with Crippen LogP contribution in [0.5, 0.6) is 5.75 Å². The molecule has 0 radical (unpaired) electrons. The lowest BCUT2D eigenvalue weighted by molar-refractivity contribution is 0.167. The molecule has 146 valence electrons. The summed E-state index contributed by atoms with van der Waals surface area (Å²) in [6.45, 7) is 1.94. The van der Waals surface area contributed by atoms with Gasteiger partial charge in [0.05, 0.1) is 10.0 Å². The molecule has 1 unspecified atom stereocenters. The van der Waals surface area contributed by atoms with Gasteiger partial charge < -0.3 is 21.1 Å². The summed E-state index contributed by atoms with van der Waals surface area (Å²) in [7, 11) is 0. The molecule has 2 aromatic carbocycles.